The van der Waals surface area contributed by atoms with E-state index in [1.54, 1.807) is 6.20 Å². The third kappa shape index (κ3) is 2.59. The summed E-state index contributed by atoms with van der Waals surface area (Å²) in [4.78, 5) is 27.2. The highest BCUT2D eigenvalue weighted by molar-refractivity contribution is 6.03. The first-order valence-corrected chi connectivity index (χ1v) is 7.15. The Balaban J connectivity index is 1.94. The number of rotatable bonds is 3. The second-order valence-corrected chi connectivity index (χ2v) is 5.20. The number of imide groups is 1. The number of carbonyl (C=O) groups excluding carboxylic acids is 2. The fourth-order valence-corrected chi connectivity index (χ4v) is 2.71. The molecule has 1 atom stereocenters. The van der Waals surface area contributed by atoms with E-state index in [9.17, 15) is 9.59 Å². The molecule has 1 aromatic heterocycles. The number of aromatic nitrogens is 1. The van der Waals surface area contributed by atoms with Gasteiger partial charge in [-0.2, -0.15) is 0 Å². The van der Waals surface area contributed by atoms with Crippen LogP contribution in [0.4, 0.5) is 5.69 Å². The van der Waals surface area contributed by atoms with E-state index in [1.807, 2.05) is 18.3 Å². The van der Waals surface area contributed by atoms with Crippen molar-refractivity contribution in [1.29, 1.82) is 0 Å². The Kier molecular flexibility index (Phi) is 3.56. The number of benzene rings is 1. The highest BCUT2D eigenvalue weighted by Gasteiger charge is 2.26. The Labute approximate surface area is 122 Å². The van der Waals surface area contributed by atoms with E-state index in [0.717, 1.165) is 22.9 Å². The van der Waals surface area contributed by atoms with Crippen LogP contribution in [0.25, 0.3) is 10.8 Å². The molecule has 1 aliphatic rings. The fraction of sp³-hybridized carbons (Fsp3) is 0.312. The summed E-state index contributed by atoms with van der Waals surface area (Å²) in [7, 11) is 0. The first kappa shape index (κ1) is 13.5. The quantitative estimate of drug-likeness (QED) is 0.845. The number of carbonyl (C=O) groups is 2. The van der Waals surface area contributed by atoms with Crippen LogP contribution in [-0.2, 0) is 16.0 Å². The smallest absolute Gasteiger partial charge is 0.249 e. The van der Waals surface area contributed by atoms with Crippen molar-refractivity contribution in [3.63, 3.8) is 0 Å². The number of anilines is 1. The lowest BCUT2D eigenvalue weighted by Crippen LogP contribution is -2.47. The summed E-state index contributed by atoms with van der Waals surface area (Å²) >= 11 is 0. The molecule has 21 heavy (non-hydrogen) atoms. The normalized spacial score (nSPS) is 18.6. The maximum Gasteiger partial charge on any atom is 0.249 e. The highest BCUT2D eigenvalue weighted by Crippen LogP contribution is 2.27. The van der Waals surface area contributed by atoms with Crippen molar-refractivity contribution in [2.45, 2.75) is 32.2 Å². The molecule has 0 aliphatic carbocycles. The molecule has 0 radical (unpaired) electrons. The Morgan fingerprint density at radius 3 is 2.90 bits per heavy atom. The lowest BCUT2D eigenvalue weighted by atomic mass is 10.0. The molecular weight excluding hydrogens is 266 g/mol. The van der Waals surface area contributed by atoms with Gasteiger partial charge >= 0.3 is 0 Å². The van der Waals surface area contributed by atoms with Gasteiger partial charge in [-0.05, 0) is 35.9 Å². The lowest BCUT2D eigenvalue weighted by molar-refractivity contribution is -0.133. The van der Waals surface area contributed by atoms with Crippen LogP contribution in [0, 0.1) is 0 Å². The summed E-state index contributed by atoms with van der Waals surface area (Å²) in [5.74, 6) is -0.464. The van der Waals surface area contributed by atoms with Crippen molar-refractivity contribution in [1.82, 2.24) is 10.3 Å². The van der Waals surface area contributed by atoms with Gasteiger partial charge in [0.05, 0.1) is 0 Å². The van der Waals surface area contributed by atoms with Gasteiger partial charge in [-0.1, -0.05) is 13.0 Å². The number of piperidine rings is 1. The predicted molar refractivity (Wildman–Crippen MR) is 80.9 cm³/mol. The zero-order valence-electron chi connectivity index (χ0n) is 11.8. The summed E-state index contributed by atoms with van der Waals surface area (Å²) in [6, 6.07) is 5.66. The fourth-order valence-electron chi connectivity index (χ4n) is 2.71. The van der Waals surface area contributed by atoms with E-state index < -0.39 is 0 Å². The van der Waals surface area contributed by atoms with Crippen LogP contribution in [0.5, 0.6) is 0 Å². The number of hydrogen-bond acceptors (Lipinski definition) is 4. The summed E-state index contributed by atoms with van der Waals surface area (Å²) in [6.45, 7) is 2.11. The number of hydrogen-bond donors (Lipinski definition) is 2. The highest BCUT2D eigenvalue weighted by atomic mass is 16.2. The molecule has 108 valence electrons. The standard InChI is InChI=1S/C16H17N3O2/c1-2-10-3-4-13(12-9-17-8-7-11(10)12)18-14-5-6-15(20)19-16(14)21/h3-4,7-9,14,18H,2,5-6H2,1H3,(H,19,20,21). The van der Waals surface area contributed by atoms with Crippen LogP contribution >= 0.6 is 0 Å². The van der Waals surface area contributed by atoms with Gasteiger partial charge < -0.3 is 5.32 Å². The van der Waals surface area contributed by atoms with E-state index in [-0.39, 0.29) is 17.9 Å². The van der Waals surface area contributed by atoms with Gasteiger partial charge in [0.25, 0.3) is 0 Å². The molecule has 0 saturated carbocycles. The number of nitrogens with zero attached hydrogens (tertiary/aromatic N) is 1. The van der Waals surface area contributed by atoms with E-state index in [2.05, 4.69) is 28.6 Å². The molecule has 2 heterocycles. The van der Waals surface area contributed by atoms with Crippen LogP contribution in [0.2, 0.25) is 0 Å². The van der Waals surface area contributed by atoms with Gasteiger partial charge in [-0.15, -0.1) is 0 Å². The first-order valence-electron chi connectivity index (χ1n) is 7.15. The van der Waals surface area contributed by atoms with Gasteiger partial charge in [0.1, 0.15) is 6.04 Å². The Hall–Kier alpha value is -2.43. The molecule has 2 N–H and O–H groups in total. The van der Waals surface area contributed by atoms with Crippen molar-refractivity contribution < 1.29 is 9.59 Å². The molecule has 2 aromatic rings. The average molecular weight is 283 g/mol. The molecule has 5 heteroatoms. The van der Waals surface area contributed by atoms with Crippen molar-refractivity contribution >= 4 is 28.3 Å². The minimum Gasteiger partial charge on any atom is -0.373 e. The van der Waals surface area contributed by atoms with Gasteiger partial charge in [-0.3, -0.25) is 19.9 Å². The third-order valence-electron chi connectivity index (χ3n) is 3.86. The van der Waals surface area contributed by atoms with Crippen molar-refractivity contribution in [2.24, 2.45) is 0 Å². The van der Waals surface area contributed by atoms with Gasteiger partial charge in [-0.25, -0.2) is 0 Å². The van der Waals surface area contributed by atoms with E-state index in [4.69, 9.17) is 0 Å². The first-order chi connectivity index (χ1) is 10.2. The summed E-state index contributed by atoms with van der Waals surface area (Å²) in [5, 5.41) is 7.75. The van der Waals surface area contributed by atoms with Crippen LogP contribution in [-0.4, -0.2) is 22.8 Å². The predicted octanol–water partition coefficient (Wildman–Crippen LogP) is 2.01. The van der Waals surface area contributed by atoms with Crippen LogP contribution < -0.4 is 10.6 Å². The molecule has 5 nitrogen and oxygen atoms in total. The SMILES string of the molecule is CCc1ccc(NC2CCC(=O)NC2=O)c2cnccc12. The Morgan fingerprint density at radius 1 is 1.29 bits per heavy atom. The molecule has 2 amide bonds. The largest absolute Gasteiger partial charge is 0.373 e. The zero-order chi connectivity index (χ0) is 14.8. The van der Waals surface area contributed by atoms with Gasteiger partial charge in [0.2, 0.25) is 11.8 Å². The molecule has 1 fully saturated rings. The maximum absolute atomic E-state index is 11.9. The second kappa shape index (κ2) is 5.52. The Morgan fingerprint density at radius 2 is 2.14 bits per heavy atom. The monoisotopic (exact) mass is 283 g/mol. The second-order valence-electron chi connectivity index (χ2n) is 5.20. The third-order valence-corrected chi connectivity index (χ3v) is 3.86. The minimum atomic E-state index is -0.376. The van der Waals surface area contributed by atoms with Crippen molar-refractivity contribution in [3.8, 4) is 0 Å². The van der Waals surface area contributed by atoms with Gasteiger partial charge in [0.15, 0.2) is 0 Å². The number of pyridine rings is 1. The average Bonchev–Trinajstić information content (AvgIpc) is 2.50. The summed E-state index contributed by atoms with van der Waals surface area (Å²) < 4.78 is 0. The number of aryl methyl sites for hydroxylation is 1. The number of amides is 2. The van der Waals surface area contributed by atoms with Gasteiger partial charge in [0, 0.05) is 29.9 Å². The van der Waals surface area contributed by atoms with Crippen LogP contribution in [0.3, 0.4) is 0 Å². The number of fused-ring (bicyclic) bond motifs is 1. The maximum atomic E-state index is 11.9. The molecule has 0 spiro atoms. The van der Waals surface area contributed by atoms with E-state index in [0.29, 0.717) is 12.8 Å². The molecule has 1 saturated heterocycles. The molecular formula is C16H17N3O2. The van der Waals surface area contributed by atoms with Crippen LogP contribution in [0.15, 0.2) is 30.6 Å². The molecule has 1 aliphatic heterocycles. The minimum absolute atomic E-state index is 0.203. The molecule has 3 rings (SSSR count). The number of nitrogens with one attached hydrogen (secondary N) is 2. The van der Waals surface area contributed by atoms with Crippen molar-refractivity contribution in [2.75, 3.05) is 5.32 Å². The Bertz CT molecular complexity index is 712. The summed E-state index contributed by atoms with van der Waals surface area (Å²) in [5.41, 5.74) is 2.13. The topological polar surface area (TPSA) is 71.1 Å². The summed E-state index contributed by atoms with van der Waals surface area (Å²) in [6.07, 6.45) is 5.41. The molecule has 1 unspecified atom stereocenters. The van der Waals surface area contributed by atoms with Crippen LogP contribution in [0.1, 0.15) is 25.3 Å². The lowest BCUT2D eigenvalue weighted by Gasteiger charge is -2.23. The molecule has 1 aromatic carbocycles. The molecule has 0 bridgehead atoms. The van der Waals surface area contributed by atoms with E-state index >= 15 is 0 Å². The van der Waals surface area contributed by atoms with E-state index in [1.165, 1.54) is 5.56 Å². The van der Waals surface area contributed by atoms with Crippen molar-refractivity contribution in [3.05, 3.63) is 36.2 Å². The zero-order valence-corrected chi connectivity index (χ0v) is 11.8.